The summed E-state index contributed by atoms with van der Waals surface area (Å²) >= 11 is 3.49. The van der Waals surface area contributed by atoms with Gasteiger partial charge in [0.15, 0.2) is 0 Å². The van der Waals surface area contributed by atoms with Crippen molar-refractivity contribution in [1.29, 1.82) is 0 Å². The highest BCUT2D eigenvalue weighted by molar-refractivity contribution is 9.10. The van der Waals surface area contributed by atoms with Crippen LogP contribution in [0, 0.1) is 5.82 Å². The molecule has 1 aromatic heterocycles. The Balaban J connectivity index is 2.25. The van der Waals surface area contributed by atoms with Crippen molar-refractivity contribution in [3.05, 3.63) is 65.0 Å². The van der Waals surface area contributed by atoms with Crippen molar-refractivity contribution >= 4 is 32.6 Å². The third-order valence-corrected chi connectivity index (χ3v) is 3.73. The molecule has 3 aromatic rings. The molecule has 0 bridgehead atoms. The summed E-state index contributed by atoms with van der Waals surface area (Å²) in [4.78, 5) is 0. The van der Waals surface area contributed by atoms with Gasteiger partial charge in [0.2, 0.25) is 0 Å². The molecular weight excluding hydrogens is 335 g/mol. The van der Waals surface area contributed by atoms with Gasteiger partial charge in [0.05, 0.1) is 24.5 Å². The average Bonchev–Trinajstić information content (AvgIpc) is 2.90. The predicted molar refractivity (Wildman–Crippen MR) is 84.8 cm³/mol. The lowest BCUT2D eigenvalue weighted by molar-refractivity contribution is 0.372. The zero-order valence-corrected chi connectivity index (χ0v) is 12.9. The first-order valence-corrected chi connectivity index (χ1v) is 7.06. The number of hydrogen-bond donors (Lipinski definition) is 0. The molecular formula is C16H12BrFN2O. The second-order valence-electron chi connectivity index (χ2n) is 4.55. The molecule has 0 spiro atoms. The van der Waals surface area contributed by atoms with Crippen molar-refractivity contribution in [3.63, 3.8) is 0 Å². The Morgan fingerprint density at radius 2 is 2.00 bits per heavy atom. The van der Waals surface area contributed by atoms with Crippen LogP contribution in [-0.4, -0.2) is 16.9 Å². The normalized spacial score (nSPS) is 10.8. The summed E-state index contributed by atoms with van der Waals surface area (Å²) < 4.78 is 20.9. The quantitative estimate of drug-likeness (QED) is 0.650. The van der Waals surface area contributed by atoms with Gasteiger partial charge in [0, 0.05) is 15.4 Å². The van der Waals surface area contributed by atoms with E-state index in [0.29, 0.717) is 5.76 Å². The van der Waals surface area contributed by atoms with Crippen molar-refractivity contribution in [2.45, 2.75) is 0 Å². The van der Waals surface area contributed by atoms with Crippen LogP contribution in [0.1, 0.15) is 5.56 Å². The van der Waals surface area contributed by atoms with Gasteiger partial charge in [-0.25, -0.2) is 9.07 Å². The SMILES string of the molecule is C=C(OC)c1cc(Br)cc2c1cnn2-c1ccc(F)cc1. The zero-order chi connectivity index (χ0) is 15.0. The van der Waals surface area contributed by atoms with E-state index in [0.717, 1.165) is 26.6 Å². The van der Waals surface area contributed by atoms with Crippen LogP contribution < -0.4 is 0 Å². The minimum Gasteiger partial charge on any atom is -0.497 e. The van der Waals surface area contributed by atoms with E-state index < -0.39 is 0 Å². The van der Waals surface area contributed by atoms with Gasteiger partial charge in [-0.3, -0.25) is 0 Å². The molecule has 5 heteroatoms. The van der Waals surface area contributed by atoms with E-state index in [9.17, 15) is 4.39 Å². The molecule has 3 rings (SSSR count). The van der Waals surface area contributed by atoms with Gasteiger partial charge >= 0.3 is 0 Å². The number of methoxy groups -OCH3 is 1. The first-order chi connectivity index (χ1) is 10.1. The fourth-order valence-electron chi connectivity index (χ4n) is 2.22. The molecule has 0 aliphatic carbocycles. The van der Waals surface area contributed by atoms with Gasteiger partial charge in [-0.15, -0.1) is 0 Å². The summed E-state index contributed by atoms with van der Waals surface area (Å²) in [5, 5.41) is 5.32. The Labute approximate surface area is 129 Å². The molecule has 0 N–H and O–H groups in total. The van der Waals surface area contributed by atoms with Crippen LogP contribution in [0.25, 0.3) is 22.3 Å². The molecule has 3 nitrogen and oxygen atoms in total. The molecule has 2 aromatic carbocycles. The molecule has 0 aliphatic rings. The van der Waals surface area contributed by atoms with E-state index in [-0.39, 0.29) is 5.82 Å². The monoisotopic (exact) mass is 346 g/mol. The highest BCUT2D eigenvalue weighted by Gasteiger charge is 2.12. The van der Waals surface area contributed by atoms with Crippen molar-refractivity contribution in [2.75, 3.05) is 7.11 Å². The summed E-state index contributed by atoms with van der Waals surface area (Å²) in [6, 6.07) is 10.1. The maximum absolute atomic E-state index is 13.1. The van der Waals surface area contributed by atoms with E-state index in [4.69, 9.17) is 4.74 Å². The summed E-state index contributed by atoms with van der Waals surface area (Å²) in [5.74, 6) is 0.296. The molecule has 0 atom stereocenters. The topological polar surface area (TPSA) is 27.1 Å². The number of ether oxygens (including phenoxy) is 1. The third kappa shape index (κ3) is 2.45. The van der Waals surface area contributed by atoms with Crippen LogP contribution >= 0.6 is 15.9 Å². The van der Waals surface area contributed by atoms with Crippen LogP contribution in [0.3, 0.4) is 0 Å². The fourth-order valence-corrected chi connectivity index (χ4v) is 2.67. The molecule has 0 saturated heterocycles. The van der Waals surface area contributed by atoms with E-state index in [2.05, 4.69) is 27.6 Å². The third-order valence-electron chi connectivity index (χ3n) is 3.27. The van der Waals surface area contributed by atoms with Crippen LogP contribution in [0.15, 0.2) is 53.6 Å². The number of halogens is 2. The second-order valence-corrected chi connectivity index (χ2v) is 5.46. The molecule has 0 aliphatic heterocycles. The van der Waals surface area contributed by atoms with Crippen molar-refractivity contribution in [1.82, 2.24) is 9.78 Å². The highest BCUT2D eigenvalue weighted by Crippen LogP contribution is 2.30. The molecule has 0 radical (unpaired) electrons. The lowest BCUT2D eigenvalue weighted by atomic mass is 10.1. The molecule has 21 heavy (non-hydrogen) atoms. The standard InChI is InChI=1S/C16H12BrFN2O/c1-10(21-2)14-7-11(17)8-16-15(14)9-19-20(16)13-5-3-12(18)4-6-13/h3-9H,1H2,2H3. The first-order valence-electron chi connectivity index (χ1n) is 6.26. The number of rotatable bonds is 3. The lowest BCUT2D eigenvalue weighted by Crippen LogP contribution is -1.96. The minimum absolute atomic E-state index is 0.273. The summed E-state index contributed by atoms with van der Waals surface area (Å²) in [5.41, 5.74) is 2.55. The Kier molecular flexibility index (Phi) is 3.51. The van der Waals surface area contributed by atoms with Gasteiger partial charge in [-0.2, -0.15) is 5.10 Å². The van der Waals surface area contributed by atoms with E-state index in [1.165, 1.54) is 12.1 Å². The van der Waals surface area contributed by atoms with Gasteiger partial charge in [-0.05, 0) is 36.4 Å². The summed E-state index contributed by atoms with van der Waals surface area (Å²) in [6.07, 6.45) is 1.75. The number of benzene rings is 2. The lowest BCUT2D eigenvalue weighted by Gasteiger charge is -2.08. The molecule has 0 amide bonds. The van der Waals surface area contributed by atoms with Gasteiger partial charge < -0.3 is 4.74 Å². The Morgan fingerprint density at radius 1 is 1.29 bits per heavy atom. The molecule has 0 fully saturated rings. The Hall–Kier alpha value is -2.14. The number of aromatic nitrogens is 2. The maximum Gasteiger partial charge on any atom is 0.123 e. The van der Waals surface area contributed by atoms with Gasteiger partial charge in [0.1, 0.15) is 11.6 Å². The van der Waals surface area contributed by atoms with Crippen LogP contribution in [0.5, 0.6) is 0 Å². The predicted octanol–water partition coefficient (Wildman–Crippen LogP) is 4.54. The van der Waals surface area contributed by atoms with E-state index in [1.807, 2.05) is 12.1 Å². The second kappa shape index (κ2) is 5.33. The van der Waals surface area contributed by atoms with Gasteiger partial charge in [-0.1, -0.05) is 22.5 Å². The molecule has 106 valence electrons. The van der Waals surface area contributed by atoms with Crippen molar-refractivity contribution < 1.29 is 9.13 Å². The Morgan fingerprint density at radius 3 is 2.67 bits per heavy atom. The summed E-state index contributed by atoms with van der Waals surface area (Å²) in [6.45, 7) is 3.90. The molecule has 1 heterocycles. The largest absolute Gasteiger partial charge is 0.497 e. The highest BCUT2D eigenvalue weighted by atomic mass is 79.9. The Bertz CT molecular complexity index is 824. The maximum atomic E-state index is 13.1. The average molecular weight is 347 g/mol. The van der Waals surface area contributed by atoms with Crippen LogP contribution in [-0.2, 0) is 4.74 Å². The number of hydrogen-bond acceptors (Lipinski definition) is 2. The van der Waals surface area contributed by atoms with Crippen LogP contribution in [0.2, 0.25) is 0 Å². The fraction of sp³-hybridized carbons (Fsp3) is 0.0625. The smallest absolute Gasteiger partial charge is 0.123 e. The first kappa shape index (κ1) is 13.8. The minimum atomic E-state index is -0.273. The van der Waals surface area contributed by atoms with Crippen LogP contribution in [0.4, 0.5) is 4.39 Å². The number of fused-ring (bicyclic) bond motifs is 1. The summed E-state index contributed by atoms with van der Waals surface area (Å²) in [7, 11) is 1.58. The van der Waals surface area contributed by atoms with Crippen molar-refractivity contribution in [3.8, 4) is 5.69 Å². The van der Waals surface area contributed by atoms with E-state index in [1.54, 1.807) is 30.1 Å². The molecule has 0 unspecified atom stereocenters. The number of nitrogens with zero attached hydrogens (tertiary/aromatic N) is 2. The zero-order valence-electron chi connectivity index (χ0n) is 11.3. The van der Waals surface area contributed by atoms with E-state index >= 15 is 0 Å². The van der Waals surface area contributed by atoms with Crippen molar-refractivity contribution in [2.24, 2.45) is 0 Å². The molecule has 0 saturated carbocycles. The van der Waals surface area contributed by atoms with Gasteiger partial charge in [0.25, 0.3) is 0 Å².